The average Bonchev–Trinajstić information content (AvgIpc) is 2.39. The Hall–Kier alpha value is -1.49. The highest BCUT2D eigenvalue weighted by Gasteiger charge is 2.35. The summed E-state index contributed by atoms with van der Waals surface area (Å²) in [6.07, 6.45) is 5.06. The Morgan fingerprint density at radius 3 is 3.00 bits per heavy atom. The number of aromatic nitrogens is 1. The minimum atomic E-state index is -0.448. The zero-order valence-corrected chi connectivity index (χ0v) is 11.2. The third-order valence-electron chi connectivity index (χ3n) is 3.82. The van der Waals surface area contributed by atoms with Crippen LogP contribution in [0.3, 0.4) is 0 Å². The van der Waals surface area contributed by atoms with Gasteiger partial charge in [0.2, 0.25) is 0 Å². The lowest BCUT2D eigenvalue weighted by atomic mass is 9.76. The SMILES string of the molecule is CC1CCCC(CN)(NC(=O)c2ccc(F)cn2)C1. The van der Waals surface area contributed by atoms with Gasteiger partial charge in [-0.15, -0.1) is 0 Å². The lowest BCUT2D eigenvalue weighted by molar-refractivity contribution is 0.0848. The zero-order valence-electron chi connectivity index (χ0n) is 11.2. The molecule has 0 aliphatic heterocycles. The topological polar surface area (TPSA) is 68.0 Å². The molecule has 0 radical (unpaired) electrons. The molecule has 2 unspecified atom stereocenters. The first-order valence-electron chi connectivity index (χ1n) is 6.69. The van der Waals surface area contributed by atoms with E-state index in [4.69, 9.17) is 5.73 Å². The van der Waals surface area contributed by atoms with Gasteiger partial charge in [0.15, 0.2) is 0 Å². The molecule has 1 saturated carbocycles. The molecule has 19 heavy (non-hydrogen) atoms. The smallest absolute Gasteiger partial charge is 0.270 e. The van der Waals surface area contributed by atoms with Crippen molar-refractivity contribution in [2.75, 3.05) is 6.54 Å². The number of rotatable bonds is 3. The fraction of sp³-hybridized carbons (Fsp3) is 0.571. The number of halogens is 1. The molecular weight excluding hydrogens is 245 g/mol. The number of hydrogen-bond donors (Lipinski definition) is 2. The number of carbonyl (C=O) groups is 1. The molecule has 1 aliphatic rings. The van der Waals surface area contributed by atoms with Crippen molar-refractivity contribution in [1.82, 2.24) is 10.3 Å². The molecule has 0 spiro atoms. The third-order valence-corrected chi connectivity index (χ3v) is 3.82. The van der Waals surface area contributed by atoms with Crippen molar-refractivity contribution in [2.45, 2.75) is 38.1 Å². The van der Waals surface area contributed by atoms with Gasteiger partial charge in [0.05, 0.1) is 11.7 Å². The highest BCUT2D eigenvalue weighted by Crippen LogP contribution is 2.31. The van der Waals surface area contributed by atoms with Crippen LogP contribution in [-0.2, 0) is 0 Å². The molecule has 1 aromatic heterocycles. The number of nitrogens with one attached hydrogen (secondary N) is 1. The van der Waals surface area contributed by atoms with Crippen LogP contribution in [0.4, 0.5) is 4.39 Å². The molecular formula is C14H20FN3O. The van der Waals surface area contributed by atoms with Gasteiger partial charge < -0.3 is 11.1 Å². The maximum atomic E-state index is 12.8. The molecule has 1 aromatic rings. The van der Waals surface area contributed by atoms with Crippen molar-refractivity contribution in [2.24, 2.45) is 11.7 Å². The van der Waals surface area contributed by atoms with E-state index in [1.165, 1.54) is 18.6 Å². The zero-order chi connectivity index (χ0) is 13.9. The Morgan fingerprint density at radius 1 is 1.63 bits per heavy atom. The van der Waals surface area contributed by atoms with Crippen molar-refractivity contribution in [1.29, 1.82) is 0 Å². The average molecular weight is 265 g/mol. The molecule has 2 atom stereocenters. The van der Waals surface area contributed by atoms with E-state index in [1.807, 2.05) is 0 Å². The molecule has 1 amide bonds. The summed E-state index contributed by atoms with van der Waals surface area (Å²) in [4.78, 5) is 15.9. The van der Waals surface area contributed by atoms with E-state index in [1.54, 1.807) is 0 Å². The quantitative estimate of drug-likeness (QED) is 0.876. The van der Waals surface area contributed by atoms with Crippen LogP contribution >= 0.6 is 0 Å². The molecule has 4 nitrogen and oxygen atoms in total. The van der Waals surface area contributed by atoms with Crippen molar-refractivity contribution in [3.8, 4) is 0 Å². The second-order valence-electron chi connectivity index (χ2n) is 5.50. The minimum Gasteiger partial charge on any atom is -0.344 e. The van der Waals surface area contributed by atoms with Crippen molar-refractivity contribution >= 4 is 5.91 Å². The number of carbonyl (C=O) groups excluding carboxylic acids is 1. The lowest BCUT2D eigenvalue weighted by Gasteiger charge is -2.39. The van der Waals surface area contributed by atoms with Crippen LogP contribution in [0.1, 0.15) is 43.1 Å². The first-order chi connectivity index (χ1) is 9.04. The number of nitrogens with two attached hydrogens (primary N) is 1. The van der Waals surface area contributed by atoms with E-state index in [9.17, 15) is 9.18 Å². The Balaban J connectivity index is 2.09. The van der Waals surface area contributed by atoms with Gasteiger partial charge in [0.25, 0.3) is 5.91 Å². The van der Waals surface area contributed by atoms with Crippen molar-refractivity contribution in [3.05, 3.63) is 29.8 Å². The fourth-order valence-corrected chi connectivity index (χ4v) is 2.83. The summed E-state index contributed by atoms with van der Waals surface area (Å²) in [5, 5.41) is 3.00. The van der Waals surface area contributed by atoms with Gasteiger partial charge in [-0.2, -0.15) is 0 Å². The monoisotopic (exact) mass is 265 g/mol. The first kappa shape index (κ1) is 13.9. The number of pyridine rings is 1. The molecule has 0 aromatic carbocycles. The second-order valence-corrected chi connectivity index (χ2v) is 5.50. The van der Waals surface area contributed by atoms with Crippen LogP contribution in [0.25, 0.3) is 0 Å². The first-order valence-corrected chi connectivity index (χ1v) is 6.69. The highest BCUT2D eigenvalue weighted by molar-refractivity contribution is 5.92. The highest BCUT2D eigenvalue weighted by atomic mass is 19.1. The van der Waals surface area contributed by atoms with Crippen molar-refractivity contribution < 1.29 is 9.18 Å². The number of nitrogens with zero attached hydrogens (tertiary/aromatic N) is 1. The van der Waals surface area contributed by atoms with E-state index in [0.717, 1.165) is 25.5 Å². The maximum absolute atomic E-state index is 12.8. The van der Waals surface area contributed by atoms with E-state index < -0.39 is 5.82 Å². The van der Waals surface area contributed by atoms with Crippen LogP contribution in [0.15, 0.2) is 18.3 Å². The fourth-order valence-electron chi connectivity index (χ4n) is 2.83. The minimum absolute atomic E-state index is 0.229. The summed E-state index contributed by atoms with van der Waals surface area (Å²) in [5.74, 6) is -0.172. The molecule has 3 N–H and O–H groups in total. The van der Waals surface area contributed by atoms with Gasteiger partial charge in [-0.25, -0.2) is 9.37 Å². The molecule has 2 rings (SSSR count). The van der Waals surface area contributed by atoms with Crippen LogP contribution in [-0.4, -0.2) is 23.0 Å². The number of hydrogen-bond acceptors (Lipinski definition) is 3. The third kappa shape index (κ3) is 3.29. The van der Waals surface area contributed by atoms with Crippen LogP contribution in [0.2, 0.25) is 0 Å². The Kier molecular flexibility index (Phi) is 4.14. The van der Waals surface area contributed by atoms with Crippen LogP contribution in [0.5, 0.6) is 0 Å². The second kappa shape index (κ2) is 5.65. The molecule has 0 saturated heterocycles. The van der Waals surface area contributed by atoms with E-state index in [-0.39, 0.29) is 17.1 Å². The van der Waals surface area contributed by atoms with Gasteiger partial charge in [-0.1, -0.05) is 19.8 Å². The van der Waals surface area contributed by atoms with Crippen LogP contribution < -0.4 is 11.1 Å². The standard InChI is InChI=1S/C14H20FN3O/c1-10-3-2-6-14(7-10,9-16)18-13(19)12-5-4-11(15)8-17-12/h4-5,8,10H,2-3,6-7,9,16H2,1H3,(H,18,19). The summed E-state index contributed by atoms with van der Waals surface area (Å²) in [6.45, 7) is 2.59. The molecule has 5 heteroatoms. The van der Waals surface area contributed by atoms with Gasteiger partial charge in [-0.3, -0.25) is 4.79 Å². The predicted octanol–water partition coefficient (Wildman–Crippen LogP) is 1.86. The van der Waals surface area contributed by atoms with Gasteiger partial charge in [-0.05, 0) is 30.9 Å². The Bertz CT molecular complexity index is 449. The maximum Gasteiger partial charge on any atom is 0.270 e. The van der Waals surface area contributed by atoms with E-state index >= 15 is 0 Å². The number of amides is 1. The van der Waals surface area contributed by atoms with Gasteiger partial charge in [0.1, 0.15) is 11.5 Å². The van der Waals surface area contributed by atoms with Crippen LogP contribution in [0, 0.1) is 11.7 Å². The molecule has 0 bridgehead atoms. The largest absolute Gasteiger partial charge is 0.344 e. The molecule has 1 aliphatic carbocycles. The summed E-state index contributed by atoms with van der Waals surface area (Å²) >= 11 is 0. The molecule has 104 valence electrons. The summed E-state index contributed by atoms with van der Waals surface area (Å²) < 4.78 is 12.8. The molecule has 1 heterocycles. The Labute approximate surface area is 112 Å². The lowest BCUT2D eigenvalue weighted by Crippen LogP contribution is -2.56. The summed E-state index contributed by atoms with van der Waals surface area (Å²) in [5.41, 5.74) is 5.74. The molecule has 1 fully saturated rings. The summed E-state index contributed by atoms with van der Waals surface area (Å²) in [6, 6.07) is 2.63. The normalized spacial score (nSPS) is 27.0. The van der Waals surface area contributed by atoms with E-state index in [0.29, 0.717) is 12.5 Å². The van der Waals surface area contributed by atoms with Gasteiger partial charge >= 0.3 is 0 Å². The van der Waals surface area contributed by atoms with Gasteiger partial charge in [0, 0.05) is 6.54 Å². The Morgan fingerprint density at radius 2 is 2.42 bits per heavy atom. The van der Waals surface area contributed by atoms with Crippen molar-refractivity contribution in [3.63, 3.8) is 0 Å². The van der Waals surface area contributed by atoms with E-state index in [2.05, 4.69) is 17.2 Å². The predicted molar refractivity (Wildman–Crippen MR) is 71.1 cm³/mol. The summed E-state index contributed by atoms with van der Waals surface area (Å²) in [7, 11) is 0.